The minimum Gasteiger partial charge on any atom is -0.496 e. The van der Waals surface area contributed by atoms with Crippen LogP contribution in [0.1, 0.15) is 38.6 Å². The Morgan fingerprint density at radius 2 is 2.08 bits per heavy atom. The molecule has 0 saturated carbocycles. The molecule has 37 heavy (non-hydrogen) atoms. The zero-order chi connectivity index (χ0) is 26.1. The first-order valence-electron chi connectivity index (χ1n) is 12.0. The average molecular weight is 540 g/mol. The molecule has 9 heteroatoms. The number of carbonyl (C=O) groups is 1. The number of aromatic carboxylic acids is 1. The molecule has 0 spiro atoms. The summed E-state index contributed by atoms with van der Waals surface area (Å²) < 4.78 is 22.0. The molecule has 4 aromatic rings. The summed E-state index contributed by atoms with van der Waals surface area (Å²) in [6, 6.07) is 12.6. The molecule has 192 valence electrons. The van der Waals surface area contributed by atoms with E-state index in [0.717, 1.165) is 52.6 Å². The Kier molecular flexibility index (Phi) is 7.33. The number of carboxylic acids is 1. The van der Waals surface area contributed by atoms with E-state index in [9.17, 15) is 14.3 Å². The Morgan fingerprint density at radius 1 is 1.24 bits per heavy atom. The summed E-state index contributed by atoms with van der Waals surface area (Å²) in [4.78, 5) is 19.3. The van der Waals surface area contributed by atoms with Gasteiger partial charge < -0.3 is 14.4 Å². The van der Waals surface area contributed by atoms with Gasteiger partial charge in [-0.05, 0) is 60.2 Å². The van der Waals surface area contributed by atoms with Gasteiger partial charge in [0.15, 0.2) is 0 Å². The first-order chi connectivity index (χ1) is 17.8. The van der Waals surface area contributed by atoms with Crippen LogP contribution in [0, 0.1) is 5.82 Å². The first kappa shape index (κ1) is 25.4. The fourth-order valence-electron chi connectivity index (χ4n) is 4.87. The smallest absolute Gasteiger partial charge is 0.346 e. The lowest BCUT2D eigenvalue weighted by Gasteiger charge is -2.27. The van der Waals surface area contributed by atoms with Crippen LogP contribution in [0.2, 0.25) is 5.02 Å². The quantitative estimate of drug-likeness (QED) is 0.288. The zero-order valence-corrected chi connectivity index (χ0v) is 22.2. The van der Waals surface area contributed by atoms with E-state index in [1.807, 2.05) is 23.7 Å². The molecule has 5 rings (SSSR count). The van der Waals surface area contributed by atoms with E-state index in [4.69, 9.17) is 16.3 Å². The topological polar surface area (TPSA) is 67.6 Å². The molecule has 0 bridgehead atoms. The largest absolute Gasteiger partial charge is 0.496 e. The van der Waals surface area contributed by atoms with Crippen molar-refractivity contribution in [2.45, 2.75) is 25.8 Å². The molecular formula is C28H27ClFN3O3S. The minimum atomic E-state index is -0.923. The Balaban J connectivity index is 1.32. The number of nitrogens with zero attached hydrogens (tertiary/aromatic N) is 3. The molecule has 2 aromatic heterocycles. The van der Waals surface area contributed by atoms with E-state index in [1.54, 1.807) is 25.3 Å². The van der Waals surface area contributed by atoms with Crippen molar-refractivity contribution in [3.05, 3.63) is 86.8 Å². The molecule has 1 N–H and O–H groups in total. The molecule has 0 unspecified atom stereocenters. The van der Waals surface area contributed by atoms with Crippen molar-refractivity contribution in [3.8, 4) is 5.75 Å². The van der Waals surface area contributed by atoms with E-state index in [1.165, 1.54) is 23.0 Å². The molecular weight excluding hydrogens is 513 g/mol. The van der Waals surface area contributed by atoms with E-state index >= 15 is 0 Å². The number of hydrogen-bond donors (Lipinski definition) is 1. The maximum absolute atomic E-state index is 14.4. The maximum Gasteiger partial charge on any atom is 0.346 e. The van der Waals surface area contributed by atoms with Crippen molar-refractivity contribution in [3.63, 3.8) is 0 Å². The van der Waals surface area contributed by atoms with Crippen LogP contribution in [-0.4, -0.2) is 45.7 Å². The predicted molar refractivity (Wildman–Crippen MR) is 145 cm³/mol. The summed E-state index contributed by atoms with van der Waals surface area (Å²) in [6.45, 7) is 2.33. The van der Waals surface area contributed by atoms with E-state index in [2.05, 4.69) is 22.0 Å². The highest BCUT2D eigenvalue weighted by Crippen LogP contribution is 2.33. The van der Waals surface area contributed by atoms with Gasteiger partial charge in [-0.2, -0.15) is 0 Å². The fourth-order valence-corrected chi connectivity index (χ4v) is 5.95. The monoisotopic (exact) mass is 539 g/mol. The second-order valence-corrected chi connectivity index (χ2v) is 10.6. The third kappa shape index (κ3) is 5.28. The number of aryl methyl sites for hydroxylation is 2. The molecule has 0 fully saturated rings. The predicted octanol–water partition coefficient (Wildman–Crippen LogP) is 6.21. The number of rotatable bonds is 8. The lowest BCUT2D eigenvalue weighted by Crippen LogP contribution is -2.29. The number of thiophene rings is 1. The van der Waals surface area contributed by atoms with Crippen LogP contribution in [-0.2, 0) is 26.4 Å². The average Bonchev–Trinajstić information content (AvgIpc) is 3.43. The fraction of sp³-hybridized carbons (Fsp3) is 0.286. The highest BCUT2D eigenvalue weighted by Gasteiger charge is 2.21. The molecule has 1 aliphatic heterocycles. The third-order valence-electron chi connectivity index (χ3n) is 6.90. The van der Waals surface area contributed by atoms with Crippen LogP contribution in [0.25, 0.3) is 15.9 Å². The van der Waals surface area contributed by atoms with Crippen LogP contribution < -0.4 is 4.74 Å². The normalized spacial score (nSPS) is 14.2. The number of methoxy groups -OCH3 is 1. The van der Waals surface area contributed by atoms with Crippen LogP contribution in [0.4, 0.5) is 4.39 Å². The van der Waals surface area contributed by atoms with E-state index in [0.29, 0.717) is 34.8 Å². The van der Waals surface area contributed by atoms with Crippen molar-refractivity contribution < 1.29 is 19.0 Å². The second-order valence-electron chi connectivity index (χ2n) is 9.13. The number of benzene rings is 2. The van der Waals surface area contributed by atoms with Crippen LogP contribution in [0.15, 0.2) is 48.5 Å². The number of halogens is 2. The molecule has 0 saturated heterocycles. The lowest BCUT2D eigenvalue weighted by atomic mass is 9.91. The highest BCUT2D eigenvalue weighted by molar-refractivity contribution is 7.20. The van der Waals surface area contributed by atoms with Crippen LogP contribution in [0.3, 0.4) is 0 Å². The van der Waals surface area contributed by atoms with Crippen molar-refractivity contribution in [1.82, 2.24) is 14.5 Å². The SMILES string of the molecule is COc1cccc(C2=CCN(Cc3nc4sc(C(=O)O)cc4n3C)CC2)c1CCc1ccc(Cl)cc1F. The Bertz CT molecular complexity index is 1510. The van der Waals surface area contributed by atoms with Gasteiger partial charge in [0.05, 0.1) is 19.2 Å². The molecule has 1 aliphatic rings. The third-order valence-corrected chi connectivity index (χ3v) is 8.14. The summed E-state index contributed by atoms with van der Waals surface area (Å²) in [5.41, 5.74) is 4.97. The molecule has 0 aliphatic carbocycles. The van der Waals surface area contributed by atoms with Gasteiger partial charge in [-0.3, -0.25) is 4.90 Å². The van der Waals surface area contributed by atoms with Crippen molar-refractivity contribution in [2.75, 3.05) is 20.2 Å². The number of carboxylic acid groups (broad SMARTS) is 1. The molecule has 2 aromatic carbocycles. The van der Waals surface area contributed by atoms with Crippen molar-refractivity contribution in [2.24, 2.45) is 7.05 Å². The van der Waals surface area contributed by atoms with Gasteiger partial charge in [-0.15, -0.1) is 11.3 Å². The Morgan fingerprint density at radius 3 is 2.76 bits per heavy atom. The Hall–Kier alpha value is -3.20. The molecule has 0 amide bonds. The van der Waals surface area contributed by atoms with Crippen molar-refractivity contribution >= 4 is 44.8 Å². The van der Waals surface area contributed by atoms with Gasteiger partial charge >= 0.3 is 5.97 Å². The van der Waals surface area contributed by atoms with E-state index in [-0.39, 0.29) is 5.82 Å². The Labute approximate surface area is 223 Å². The van der Waals surface area contributed by atoms with E-state index < -0.39 is 5.97 Å². The van der Waals surface area contributed by atoms with Crippen molar-refractivity contribution in [1.29, 1.82) is 0 Å². The van der Waals surface area contributed by atoms with Gasteiger partial charge in [-0.1, -0.05) is 35.9 Å². The summed E-state index contributed by atoms with van der Waals surface area (Å²) in [5.74, 6) is 0.518. The molecule has 0 radical (unpaired) electrons. The molecule has 3 heterocycles. The number of hydrogen-bond acceptors (Lipinski definition) is 5. The summed E-state index contributed by atoms with van der Waals surface area (Å²) >= 11 is 7.12. The molecule has 0 atom stereocenters. The number of ether oxygens (including phenoxy) is 1. The second kappa shape index (κ2) is 10.7. The van der Waals surface area contributed by atoms with Gasteiger partial charge in [0.2, 0.25) is 0 Å². The minimum absolute atomic E-state index is 0.287. The first-order valence-corrected chi connectivity index (χ1v) is 13.2. The van der Waals surface area contributed by atoms with Gasteiger partial charge in [-0.25, -0.2) is 14.2 Å². The molecule has 6 nitrogen and oxygen atoms in total. The number of aromatic nitrogens is 2. The van der Waals surface area contributed by atoms with Crippen LogP contribution in [0.5, 0.6) is 5.75 Å². The highest BCUT2D eigenvalue weighted by atomic mass is 35.5. The number of imidazole rings is 1. The van der Waals surface area contributed by atoms with Crippen LogP contribution >= 0.6 is 22.9 Å². The number of fused-ring (bicyclic) bond motifs is 1. The lowest BCUT2D eigenvalue weighted by molar-refractivity contribution is 0.0702. The standard InChI is InChI=1S/C28H27ClFN3O3S/c1-32-23-15-25(28(34)35)37-27(23)31-26(32)16-33-12-10-17(11-13-33)20-4-3-5-24(36-2)21(20)9-7-18-6-8-19(29)14-22(18)30/h3-6,8,10,14-15H,7,9,11-13,16H2,1-2H3,(H,34,35). The summed E-state index contributed by atoms with van der Waals surface area (Å²) in [5, 5.41) is 9.63. The van der Waals surface area contributed by atoms with Gasteiger partial charge in [0.1, 0.15) is 27.1 Å². The van der Waals surface area contributed by atoms with Gasteiger partial charge in [0, 0.05) is 30.7 Å². The zero-order valence-electron chi connectivity index (χ0n) is 20.6. The summed E-state index contributed by atoms with van der Waals surface area (Å²) in [6.07, 6.45) is 4.33. The van der Waals surface area contributed by atoms with Gasteiger partial charge in [0.25, 0.3) is 0 Å². The summed E-state index contributed by atoms with van der Waals surface area (Å²) in [7, 11) is 3.60. The maximum atomic E-state index is 14.4.